The second-order valence-electron chi connectivity index (χ2n) is 5.23. The standard InChI is InChI=1S/C14H18N2O2/c1-10(17)12-4-3-11(8-15)7-13(12)16-6-5-14(2,18)9-16/h3-4,7,10,17-18H,5-6,9H2,1-2H3/t10-,14?/m0/s1. The number of β-amino-alcohol motifs (C(OH)–C–C–N with tert-alkyl or cyclic N) is 1. The predicted octanol–water partition coefficient (Wildman–Crippen LogP) is 1.57. The zero-order valence-corrected chi connectivity index (χ0v) is 10.7. The average Bonchev–Trinajstić information content (AvgIpc) is 2.68. The van der Waals surface area contributed by atoms with E-state index in [-0.39, 0.29) is 0 Å². The first-order valence-corrected chi connectivity index (χ1v) is 6.12. The van der Waals surface area contributed by atoms with Gasteiger partial charge in [0.15, 0.2) is 0 Å². The Morgan fingerprint density at radius 2 is 2.22 bits per heavy atom. The number of aliphatic hydroxyl groups excluding tert-OH is 1. The van der Waals surface area contributed by atoms with Crippen LogP contribution in [0.15, 0.2) is 18.2 Å². The van der Waals surface area contributed by atoms with Crippen LogP contribution in [0.5, 0.6) is 0 Å². The highest BCUT2D eigenvalue weighted by molar-refractivity contribution is 5.59. The summed E-state index contributed by atoms with van der Waals surface area (Å²) in [7, 11) is 0. The van der Waals surface area contributed by atoms with E-state index in [0.717, 1.165) is 17.8 Å². The third kappa shape index (κ3) is 2.47. The van der Waals surface area contributed by atoms with E-state index in [1.807, 2.05) is 11.8 Å². The van der Waals surface area contributed by atoms with Gasteiger partial charge in [0, 0.05) is 24.3 Å². The lowest BCUT2D eigenvalue weighted by molar-refractivity contribution is 0.0839. The molecule has 0 spiro atoms. The van der Waals surface area contributed by atoms with Crippen molar-refractivity contribution in [3.05, 3.63) is 29.3 Å². The highest BCUT2D eigenvalue weighted by Gasteiger charge is 2.32. The number of nitriles is 1. The molecule has 96 valence electrons. The molecule has 2 rings (SSSR count). The lowest BCUT2D eigenvalue weighted by Gasteiger charge is -2.24. The summed E-state index contributed by atoms with van der Waals surface area (Å²) in [4.78, 5) is 2.03. The lowest BCUT2D eigenvalue weighted by Crippen LogP contribution is -2.30. The van der Waals surface area contributed by atoms with Crippen molar-refractivity contribution in [1.82, 2.24) is 0 Å². The molecule has 4 nitrogen and oxygen atoms in total. The van der Waals surface area contributed by atoms with Gasteiger partial charge < -0.3 is 15.1 Å². The summed E-state index contributed by atoms with van der Waals surface area (Å²) in [5.74, 6) is 0. The molecule has 18 heavy (non-hydrogen) atoms. The summed E-state index contributed by atoms with van der Waals surface area (Å²) in [5.41, 5.74) is 1.52. The maximum Gasteiger partial charge on any atom is 0.0992 e. The summed E-state index contributed by atoms with van der Waals surface area (Å²) >= 11 is 0. The molecule has 1 heterocycles. The number of anilines is 1. The van der Waals surface area contributed by atoms with E-state index in [4.69, 9.17) is 5.26 Å². The van der Waals surface area contributed by atoms with Crippen LogP contribution >= 0.6 is 0 Å². The average molecular weight is 246 g/mol. The van der Waals surface area contributed by atoms with E-state index in [1.165, 1.54) is 0 Å². The van der Waals surface area contributed by atoms with Gasteiger partial charge in [-0.25, -0.2) is 0 Å². The third-order valence-electron chi connectivity index (χ3n) is 3.40. The van der Waals surface area contributed by atoms with Crippen LogP contribution in [0.2, 0.25) is 0 Å². The Morgan fingerprint density at radius 3 is 2.72 bits per heavy atom. The minimum absolute atomic E-state index is 0.529. The van der Waals surface area contributed by atoms with Crippen molar-refractivity contribution >= 4 is 5.69 Å². The van der Waals surface area contributed by atoms with Crippen LogP contribution in [0.1, 0.15) is 37.5 Å². The van der Waals surface area contributed by atoms with Gasteiger partial charge in [-0.15, -0.1) is 0 Å². The van der Waals surface area contributed by atoms with E-state index in [1.54, 1.807) is 25.1 Å². The van der Waals surface area contributed by atoms with Gasteiger partial charge in [-0.1, -0.05) is 6.07 Å². The molecule has 0 aromatic heterocycles. The molecule has 1 saturated heterocycles. The first kappa shape index (κ1) is 12.9. The van der Waals surface area contributed by atoms with Gasteiger partial charge >= 0.3 is 0 Å². The zero-order valence-electron chi connectivity index (χ0n) is 10.7. The Kier molecular flexibility index (Phi) is 3.29. The largest absolute Gasteiger partial charge is 0.389 e. The van der Waals surface area contributed by atoms with E-state index < -0.39 is 11.7 Å². The molecule has 2 atom stereocenters. The first-order valence-electron chi connectivity index (χ1n) is 6.12. The van der Waals surface area contributed by atoms with Crippen molar-refractivity contribution in [3.63, 3.8) is 0 Å². The Balaban J connectivity index is 2.39. The van der Waals surface area contributed by atoms with Crippen LogP contribution in [0.25, 0.3) is 0 Å². The molecule has 0 saturated carbocycles. The van der Waals surface area contributed by atoms with E-state index in [0.29, 0.717) is 18.5 Å². The molecular formula is C14H18N2O2. The van der Waals surface area contributed by atoms with Crippen LogP contribution < -0.4 is 4.90 Å². The number of benzene rings is 1. The molecule has 0 bridgehead atoms. The van der Waals surface area contributed by atoms with Gasteiger partial charge in [0.1, 0.15) is 0 Å². The Morgan fingerprint density at radius 1 is 1.50 bits per heavy atom. The quantitative estimate of drug-likeness (QED) is 0.831. The highest BCUT2D eigenvalue weighted by Crippen LogP contribution is 2.32. The highest BCUT2D eigenvalue weighted by atomic mass is 16.3. The van der Waals surface area contributed by atoms with Gasteiger partial charge in [0.2, 0.25) is 0 Å². The first-order chi connectivity index (χ1) is 8.43. The molecule has 1 fully saturated rings. The number of rotatable bonds is 2. The van der Waals surface area contributed by atoms with Crippen molar-refractivity contribution in [2.45, 2.75) is 32.0 Å². The van der Waals surface area contributed by atoms with Crippen molar-refractivity contribution in [1.29, 1.82) is 5.26 Å². The van der Waals surface area contributed by atoms with Crippen LogP contribution in [-0.4, -0.2) is 28.9 Å². The monoisotopic (exact) mass is 246 g/mol. The molecule has 1 unspecified atom stereocenters. The molecule has 1 aromatic rings. The van der Waals surface area contributed by atoms with Gasteiger partial charge in [-0.2, -0.15) is 5.26 Å². The van der Waals surface area contributed by atoms with Crippen LogP contribution in [0.3, 0.4) is 0 Å². The fourth-order valence-corrected chi connectivity index (χ4v) is 2.39. The fourth-order valence-electron chi connectivity index (χ4n) is 2.39. The Hall–Kier alpha value is -1.57. The van der Waals surface area contributed by atoms with E-state index >= 15 is 0 Å². The van der Waals surface area contributed by atoms with Crippen LogP contribution in [0.4, 0.5) is 5.69 Å². The normalized spacial score (nSPS) is 24.9. The number of hydrogen-bond acceptors (Lipinski definition) is 4. The molecule has 1 aliphatic rings. The molecular weight excluding hydrogens is 228 g/mol. The van der Waals surface area contributed by atoms with Gasteiger partial charge in [0.25, 0.3) is 0 Å². The molecule has 4 heteroatoms. The molecule has 2 N–H and O–H groups in total. The van der Waals surface area contributed by atoms with Gasteiger partial charge in [0.05, 0.1) is 23.3 Å². The maximum atomic E-state index is 10.0. The Bertz CT molecular complexity index is 489. The topological polar surface area (TPSA) is 67.5 Å². The van der Waals surface area contributed by atoms with Crippen LogP contribution in [0, 0.1) is 11.3 Å². The fraction of sp³-hybridized carbons (Fsp3) is 0.500. The smallest absolute Gasteiger partial charge is 0.0992 e. The maximum absolute atomic E-state index is 10.0. The second-order valence-corrected chi connectivity index (χ2v) is 5.23. The Labute approximate surface area is 107 Å². The number of nitrogens with zero attached hydrogens (tertiary/aromatic N) is 2. The lowest BCUT2D eigenvalue weighted by atomic mass is 10.0. The number of aliphatic hydroxyl groups is 2. The second kappa shape index (κ2) is 4.60. The van der Waals surface area contributed by atoms with Crippen molar-refractivity contribution in [2.24, 2.45) is 0 Å². The number of hydrogen-bond donors (Lipinski definition) is 2. The molecule has 0 amide bonds. The molecule has 0 radical (unpaired) electrons. The SMILES string of the molecule is C[C@H](O)c1ccc(C#N)cc1N1CCC(C)(O)C1. The summed E-state index contributed by atoms with van der Waals surface area (Å²) in [6, 6.07) is 7.38. The van der Waals surface area contributed by atoms with E-state index in [9.17, 15) is 10.2 Å². The molecule has 1 aromatic carbocycles. The zero-order chi connectivity index (χ0) is 13.3. The molecule has 1 aliphatic heterocycles. The van der Waals surface area contributed by atoms with Crippen molar-refractivity contribution in [3.8, 4) is 6.07 Å². The van der Waals surface area contributed by atoms with Crippen molar-refractivity contribution in [2.75, 3.05) is 18.0 Å². The summed E-state index contributed by atoms with van der Waals surface area (Å²) in [6.07, 6.45) is 0.113. The minimum atomic E-state index is -0.696. The summed E-state index contributed by atoms with van der Waals surface area (Å²) in [6.45, 7) is 4.78. The van der Waals surface area contributed by atoms with Crippen LogP contribution in [-0.2, 0) is 0 Å². The van der Waals surface area contributed by atoms with Gasteiger partial charge in [-0.3, -0.25) is 0 Å². The van der Waals surface area contributed by atoms with Crippen molar-refractivity contribution < 1.29 is 10.2 Å². The summed E-state index contributed by atoms with van der Waals surface area (Å²) in [5, 5.41) is 28.8. The summed E-state index contributed by atoms with van der Waals surface area (Å²) < 4.78 is 0. The predicted molar refractivity (Wildman–Crippen MR) is 69.2 cm³/mol. The third-order valence-corrected chi connectivity index (χ3v) is 3.40. The van der Waals surface area contributed by atoms with E-state index in [2.05, 4.69) is 6.07 Å². The van der Waals surface area contributed by atoms with Gasteiger partial charge in [-0.05, 0) is 32.4 Å². The minimum Gasteiger partial charge on any atom is -0.389 e. The molecule has 0 aliphatic carbocycles.